The molecule has 136 valence electrons. The fourth-order valence-corrected chi connectivity index (χ4v) is 4.53. The van der Waals surface area contributed by atoms with Crippen molar-refractivity contribution in [2.45, 2.75) is 44.2 Å². The predicted molar refractivity (Wildman–Crippen MR) is 98.8 cm³/mol. The molecule has 0 saturated carbocycles. The summed E-state index contributed by atoms with van der Waals surface area (Å²) in [5, 5.41) is 3.18. The van der Waals surface area contributed by atoms with Gasteiger partial charge in [0, 0.05) is 31.4 Å². The third kappa shape index (κ3) is 3.89. The van der Waals surface area contributed by atoms with Gasteiger partial charge in [-0.15, -0.1) is 0 Å². The van der Waals surface area contributed by atoms with Crippen LogP contribution in [0.15, 0.2) is 24.3 Å². The Bertz CT molecular complexity index is 600. The summed E-state index contributed by atoms with van der Waals surface area (Å²) in [5.74, 6) is 0.179. The van der Waals surface area contributed by atoms with Crippen molar-refractivity contribution in [3.05, 3.63) is 29.8 Å². The van der Waals surface area contributed by atoms with E-state index < -0.39 is 0 Å². The largest absolute Gasteiger partial charge is 0.379 e. The number of ether oxygens (including phenoxy) is 1. The van der Waals surface area contributed by atoms with Gasteiger partial charge in [0.25, 0.3) is 0 Å². The summed E-state index contributed by atoms with van der Waals surface area (Å²) in [4.78, 5) is 17.9. The first-order chi connectivity index (χ1) is 12.3. The number of para-hydroxylation sites is 1. The van der Waals surface area contributed by atoms with Gasteiger partial charge in [-0.25, -0.2) is 0 Å². The highest BCUT2D eigenvalue weighted by atomic mass is 16.5. The Morgan fingerprint density at radius 2 is 1.92 bits per heavy atom. The smallest absolute Gasteiger partial charge is 0.241 e. The second-order valence-corrected chi connectivity index (χ2v) is 7.50. The highest BCUT2D eigenvalue weighted by molar-refractivity contribution is 5.96. The molecule has 3 aliphatic rings. The van der Waals surface area contributed by atoms with E-state index in [1.807, 2.05) is 12.1 Å². The fourth-order valence-electron chi connectivity index (χ4n) is 4.53. The van der Waals surface area contributed by atoms with E-state index in [-0.39, 0.29) is 11.9 Å². The van der Waals surface area contributed by atoms with Crippen molar-refractivity contribution < 1.29 is 9.53 Å². The monoisotopic (exact) mass is 343 g/mol. The van der Waals surface area contributed by atoms with Crippen LogP contribution in [0.5, 0.6) is 0 Å². The highest BCUT2D eigenvalue weighted by Gasteiger charge is 2.35. The molecule has 1 aromatic rings. The van der Waals surface area contributed by atoms with Crippen LogP contribution >= 0.6 is 0 Å². The number of piperidine rings is 1. The van der Waals surface area contributed by atoms with Crippen molar-refractivity contribution in [1.82, 2.24) is 9.80 Å². The summed E-state index contributed by atoms with van der Waals surface area (Å²) >= 11 is 0. The van der Waals surface area contributed by atoms with Gasteiger partial charge < -0.3 is 10.1 Å². The molecule has 2 atom stereocenters. The molecule has 2 saturated heterocycles. The summed E-state index contributed by atoms with van der Waals surface area (Å²) in [5.41, 5.74) is 2.26. The molecule has 25 heavy (non-hydrogen) atoms. The van der Waals surface area contributed by atoms with Gasteiger partial charge in [0.15, 0.2) is 0 Å². The molecule has 0 aliphatic carbocycles. The van der Waals surface area contributed by atoms with Crippen LogP contribution in [0.25, 0.3) is 0 Å². The third-order valence-electron chi connectivity index (χ3n) is 5.91. The quantitative estimate of drug-likeness (QED) is 0.913. The van der Waals surface area contributed by atoms with Crippen molar-refractivity contribution >= 4 is 11.6 Å². The molecule has 5 heteroatoms. The number of carbonyl (C=O) groups is 1. The molecule has 0 spiro atoms. The van der Waals surface area contributed by atoms with Crippen LogP contribution in [-0.4, -0.2) is 67.2 Å². The Morgan fingerprint density at radius 1 is 1.08 bits per heavy atom. The molecule has 1 N–H and O–H groups in total. The standard InChI is InChI=1S/C20H29N3O2/c24-20-19(9-8-16-5-1-2-7-18(16)21-20)23-10-4-3-6-17(23)15-22-11-13-25-14-12-22/h1-2,5,7,17,19H,3-4,6,8-15H2,(H,21,24)/t17-,19-/m0/s1. The van der Waals surface area contributed by atoms with Crippen molar-refractivity contribution in [1.29, 1.82) is 0 Å². The Labute approximate surface area is 150 Å². The SMILES string of the molecule is O=C1Nc2ccccc2CC[C@@H]1N1CCCC[C@H]1CN1CCOCC1. The average molecular weight is 343 g/mol. The number of rotatable bonds is 3. The molecule has 4 rings (SSSR count). The summed E-state index contributed by atoms with van der Waals surface area (Å²) in [6, 6.07) is 8.72. The number of likely N-dealkylation sites (tertiary alicyclic amines) is 1. The van der Waals surface area contributed by atoms with Gasteiger partial charge in [-0.2, -0.15) is 0 Å². The minimum absolute atomic E-state index is 0.00117. The molecule has 3 heterocycles. The maximum absolute atomic E-state index is 12.9. The zero-order chi connectivity index (χ0) is 17.1. The number of carbonyl (C=O) groups excluding carboxylic acids is 1. The zero-order valence-corrected chi connectivity index (χ0v) is 15.0. The molecule has 0 unspecified atom stereocenters. The number of benzene rings is 1. The number of hydrogen-bond donors (Lipinski definition) is 1. The van der Waals surface area contributed by atoms with Crippen LogP contribution in [-0.2, 0) is 16.0 Å². The van der Waals surface area contributed by atoms with Crippen LogP contribution in [0.3, 0.4) is 0 Å². The molecule has 0 aromatic heterocycles. The van der Waals surface area contributed by atoms with Crippen molar-refractivity contribution in [3.63, 3.8) is 0 Å². The molecular weight excluding hydrogens is 314 g/mol. The molecule has 5 nitrogen and oxygen atoms in total. The molecular formula is C20H29N3O2. The minimum Gasteiger partial charge on any atom is -0.379 e. The first-order valence-electron chi connectivity index (χ1n) is 9.76. The van der Waals surface area contributed by atoms with Crippen LogP contribution in [0, 0.1) is 0 Å². The van der Waals surface area contributed by atoms with Gasteiger partial charge in [0.05, 0.1) is 19.3 Å². The van der Waals surface area contributed by atoms with Crippen molar-refractivity contribution in [2.24, 2.45) is 0 Å². The Kier molecular flexibility index (Phi) is 5.34. The average Bonchev–Trinajstić information content (AvgIpc) is 2.81. The second-order valence-electron chi connectivity index (χ2n) is 7.50. The van der Waals surface area contributed by atoms with E-state index in [0.717, 1.165) is 57.9 Å². The number of anilines is 1. The second kappa shape index (κ2) is 7.85. The van der Waals surface area contributed by atoms with E-state index in [1.165, 1.54) is 24.8 Å². The normalized spacial score (nSPS) is 28.9. The lowest BCUT2D eigenvalue weighted by Gasteiger charge is -2.42. The summed E-state index contributed by atoms with van der Waals surface area (Å²) in [6.45, 7) is 5.83. The number of aryl methyl sites for hydroxylation is 1. The lowest BCUT2D eigenvalue weighted by atomic mass is 9.96. The number of fused-ring (bicyclic) bond motifs is 1. The number of hydrogen-bond acceptors (Lipinski definition) is 4. The van der Waals surface area contributed by atoms with Crippen LogP contribution in [0.2, 0.25) is 0 Å². The van der Waals surface area contributed by atoms with Gasteiger partial charge in [-0.05, 0) is 43.9 Å². The first kappa shape index (κ1) is 17.0. The summed E-state index contributed by atoms with van der Waals surface area (Å²) in [7, 11) is 0. The predicted octanol–water partition coefficient (Wildman–Crippen LogP) is 2.13. The van der Waals surface area contributed by atoms with Gasteiger partial charge in [-0.1, -0.05) is 24.6 Å². The number of nitrogens with zero attached hydrogens (tertiary/aromatic N) is 2. The maximum atomic E-state index is 12.9. The summed E-state index contributed by atoms with van der Waals surface area (Å²) in [6.07, 6.45) is 5.58. The Balaban J connectivity index is 1.47. The zero-order valence-electron chi connectivity index (χ0n) is 15.0. The molecule has 0 bridgehead atoms. The lowest BCUT2D eigenvalue weighted by Crippen LogP contribution is -2.55. The van der Waals surface area contributed by atoms with Gasteiger partial charge in [0.1, 0.15) is 0 Å². The van der Waals surface area contributed by atoms with Crippen LogP contribution in [0.1, 0.15) is 31.2 Å². The maximum Gasteiger partial charge on any atom is 0.241 e. The molecule has 3 aliphatic heterocycles. The Morgan fingerprint density at radius 3 is 2.80 bits per heavy atom. The van der Waals surface area contributed by atoms with Crippen molar-refractivity contribution in [3.8, 4) is 0 Å². The van der Waals surface area contributed by atoms with Crippen molar-refractivity contribution in [2.75, 3.05) is 44.7 Å². The molecule has 2 fully saturated rings. The summed E-state index contributed by atoms with van der Waals surface area (Å²) < 4.78 is 5.48. The topological polar surface area (TPSA) is 44.8 Å². The van der Waals surface area contributed by atoms with Crippen LogP contribution < -0.4 is 5.32 Å². The van der Waals surface area contributed by atoms with Crippen LogP contribution in [0.4, 0.5) is 5.69 Å². The number of morpholine rings is 1. The van der Waals surface area contributed by atoms with E-state index in [9.17, 15) is 4.79 Å². The third-order valence-corrected chi connectivity index (χ3v) is 5.91. The minimum atomic E-state index is -0.00117. The van der Waals surface area contributed by atoms with E-state index in [1.54, 1.807) is 0 Å². The number of amides is 1. The lowest BCUT2D eigenvalue weighted by molar-refractivity contribution is -0.123. The van der Waals surface area contributed by atoms with E-state index in [4.69, 9.17) is 4.74 Å². The number of nitrogens with one attached hydrogen (secondary N) is 1. The Hall–Kier alpha value is -1.43. The van der Waals surface area contributed by atoms with E-state index in [0.29, 0.717) is 6.04 Å². The fraction of sp³-hybridized carbons (Fsp3) is 0.650. The highest BCUT2D eigenvalue weighted by Crippen LogP contribution is 2.28. The van der Waals surface area contributed by atoms with Gasteiger partial charge >= 0.3 is 0 Å². The molecule has 1 amide bonds. The van der Waals surface area contributed by atoms with Gasteiger partial charge in [0.2, 0.25) is 5.91 Å². The van der Waals surface area contributed by atoms with E-state index in [2.05, 4.69) is 27.2 Å². The first-order valence-corrected chi connectivity index (χ1v) is 9.76. The molecule has 0 radical (unpaired) electrons. The van der Waals surface area contributed by atoms with E-state index >= 15 is 0 Å². The van der Waals surface area contributed by atoms with Gasteiger partial charge in [-0.3, -0.25) is 14.6 Å². The molecule has 1 aromatic carbocycles.